The first-order chi connectivity index (χ1) is 14.5. The minimum atomic E-state index is -4.29. The second-order valence-corrected chi connectivity index (χ2v) is 8.69. The number of alkyl halides is 3. The molecule has 2 aromatic rings. The van der Waals surface area contributed by atoms with Crippen LogP contribution in [0.4, 0.5) is 13.2 Å². The lowest BCUT2D eigenvalue weighted by Gasteiger charge is -2.27. The van der Waals surface area contributed by atoms with Crippen molar-refractivity contribution in [3.63, 3.8) is 0 Å². The van der Waals surface area contributed by atoms with Crippen LogP contribution in [0.1, 0.15) is 66.7 Å². The Balaban J connectivity index is 1.30. The van der Waals surface area contributed by atoms with Gasteiger partial charge in [-0.25, -0.2) is 0 Å². The van der Waals surface area contributed by atoms with Gasteiger partial charge < -0.3 is 0 Å². The summed E-state index contributed by atoms with van der Waals surface area (Å²) in [5.41, 5.74) is 4.00. The lowest BCUT2D eigenvalue weighted by atomic mass is 9.84. The minimum absolute atomic E-state index is 0.569. The van der Waals surface area contributed by atoms with E-state index < -0.39 is 11.7 Å². The average Bonchev–Trinajstić information content (AvgIpc) is 2.78. The van der Waals surface area contributed by atoms with Crippen LogP contribution in [-0.2, 0) is 12.6 Å². The molecule has 0 atom stereocenters. The van der Waals surface area contributed by atoms with Gasteiger partial charge in [0.2, 0.25) is 0 Å². The Hall–Kier alpha value is -2.07. The monoisotopic (exact) mass is 413 g/mol. The second kappa shape index (κ2) is 9.38. The maximum absolute atomic E-state index is 13.0. The van der Waals surface area contributed by atoms with Crippen LogP contribution in [0.25, 0.3) is 5.57 Å². The van der Waals surface area contributed by atoms with E-state index in [4.69, 9.17) is 0 Å². The van der Waals surface area contributed by atoms with Crippen molar-refractivity contribution in [1.29, 1.82) is 0 Å². The molecule has 0 amide bonds. The van der Waals surface area contributed by atoms with Gasteiger partial charge in [0.1, 0.15) is 0 Å². The van der Waals surface area contributed by atoms with Crippen molar-refractivity contribution in [2.75, 3.05) is 19.6 Å². The van der Waals surface area contributed by atoms with Crippen molar-refractivity contribution in [1.82, 2.24) is 4.90 Å². The quantitative estimate of drug-likeness (QED) is 0.506. The number of benzene rings is 2. The summed E-state index contributed by atoms with van der Waals surface area (Å²) in [6.45, 7) is 2.67. The molecule has 0 bridgehead atoms. The SMILES string of the molecule is FC(F)(F)c1cccc(C2=CCN(CCc3ccc(C4CCCCC4)cc3)CC2)c1. The van der Waals surface area contributed by atoms with E-state index in [9.17, 15) is 13.2 Å². The van der Waals surface area contributed by atoms with Crippen molar-refractivity contribution in [3.05, 3.63) is 76.9 Å². The highest BCUT2D eigenvalue weighted by Crippen LogP contribution is 2.33. The normalized spacial score (nSPS) is 19.0. The zero-order chi connectivity index (χ0) is 21.0. The molecule has 1 fully saturated rings. The standard InChI is InChI=1S/C26H30F3N/c27-26(28,29)25-8-4-7-24(19-25)23-14-17-30(18-15-23)16-13-20-9-11-22(12-10-20)21-5-2-1-3-6-21/h4,7-12,14,19,21H,1-3,5-6,13,15-18H2. The number of hydrogen-bond donors (Lipinski definition) is 0. The van der Waals surface area contributed by atoms with Crippen molar-refractivity contribution < 1.29 is 13.2 Å². The van der Waals surface area contributed by atoms with E-state index >= 15 is 0 Å². The van der Waals surface area contributed by atoms with E-state index in [1.807, 2.05) is 0 Å². The van der Waals surface area contributed by atoms with Crippen LogP contribution in [0.15, 0.2) is 54.6 Å². The average molecular weight is 414 g/mol. The molecule has 0 saturated heterocycles. The largest absolute Gasteiger partial charge is 0.416 e. The molecule has 2 aliphatic rings. The summed E-state index contributed by atoms with van der Waals surface area (Å²) in [7, 11) is 0. The summed E-state index contributed by atoms with van der Waals surface area (Å²) < 4.78 is 38.9. The molecule has 160 valence electrons. The summed E-state index contributed by atoms with van der Waals surface area (Å²) in [5.74, 6) is 0.745. The number of hydrogen-bond acceptors (Lipinski definition) is 1. The lowest BCUT2D eigenvalue weighted by molar-refractivity contribution is -0.137. The van der Waals surface area contributed by atoms with E-state index in [1.165, 1.54) is 55.4 Å². The predicted molar refractivity (Wildman–Crippen MR) is 116 cm³/mol. The van der Waals surface area contributed by atoms with Gasteiger partial charge >= 0.3 is 6.18 Å². The van der Waals surface area contributed by atoms with E-state index in [2.05, 4.69) is 35.2 Å². The lowest BCUT2D eigenvalue weighted by Crippen LogP contribution is -2.30. The van der Waals surface area contributed by atoms with Gasteiger partial charge in [-0.2, -0.15) is 13.2 Å². The Morgan fingerprint density at radius 2 is 1.70 bits per heavy atom. The number of halogens is 3. The van der Waals surface area contributed by atoms with Crippen molar-refractivity contribution >= 4 is 5.57 Å². The fourth-order valence-corrected chi connectivity index (χ4v) is 4.75. The molecular formula is C26H30F3N. The summed E-state index contributed by atoms with van der Waals surface area (Å²) >= 11 is 0. The fourth-order valence-electron chi connectivity index (χ4n) is 4.75. The molecular weight excluding hydrogens is 383 g/mol. The van der Waals surface area contributed by atoms with E-state index in [1.54, 1.807) is 6.07 Å². The van der Waals surface area contributed by atoms with E-state index in [0.29, 0.717) is 5.56 Å². The van der Waals surface area contributed by atoms with Gasteiger partial charge in [-0.15, -0.1) is 0 Å². The van der Waals surface area contributed by atoms with Gasteiger partial charge in [0.15, 0.2) is 0 Å². The van der Waals surface area contributed by atoms with Crippen LogP contribution in [0.3, 0.4) is 0 Å². The van der Waals surface area contributed by atoms with E-state index in [-0.39, 0.29) is 0 Å². The third kappa shape index (κ3) is 5.34. The summed E-state index contributed by atoms with van der Waals surface area (Å²) in [5, 5.41) is 0. The molecule has 1 aliphatic heterocycles. The maximum Gasteiger partial charge on any atom is 0.416 e. The molecule has 0 aromatic heterocycles. The van der Waals surface area contributed by atoms with Crippen molar-refractivity contribution in [3.8, 4) is 0 Å². The molecule has 0 spiro atoms. The van der Waals surface area contributed by atoms with Crippen molar-refractivity contribution in [2.45, 2.75) is 57.0 Å². The predicted octanol–water partition coefficient (Wildman–Crippen LogP) is 7.08. The van der Waals surface area contributed by atoms with E-state index in [0.717, 1.165) is 50.0 Å². The summed E-state index contributed by atoms with van der Waals surface area (Å²) in [4.78, 5) is 2.38. The van der Waals surface area contributed by atoms with Crippen LogP contribution in [0.5, 0.6) is 0 Å². The first-order valence-electron chi connectivity index (χ1n) is 11.2. The Morgan fingerprint density at radius 1 is 0.933 bits per heavy atom. The molecule has 0 unspecified atom stereocenters. The topological polar surface area (TPSA) is 3.24 Å². The molecule has 0 N–H and O–H groups in total. The van der Waals surface area contributed by atoms with Crippen LogP contribution < -0.4 is 0 Å². The van der Waals surface area contributed by atoms with Gasteiger partial charge in [-0.05, 0) is 66.0 Å². The van der Waals surface area contributed by atoms with Gasteiger partial charge in [-0.3, -0.25) is 4.90 Å². The molecule has 0 radical (unpaired) electrons. The Morgan fingerprint density at radius 3 is 2.37 bits per heavy atom. The summed E-state index contributed by atoms with van der Waals surface area (Å²) in [6, 6.07) is 14.9. The first-order valence-corrected chi connectivity index (χ1v) is 11.2. The highest BCUT2D eigenvalue weighted by molar-refractivity contribution is 5.67. The molecule has 4 rings (SSSR count). The Bertz CT molecular complexity index is 861. The van der Waals surface area contributed by atoms with Crippen molar-refractivity contribution in [2.24, 2.45) is 0 Å². The third-order valence-electron chi connectivity index (χ3n) is 6.63. The molecule has 1 aliphatic carbocycles. The smallest absolute Gasteiger partial charge is 0.299 e. The Kier molecular flexibility index (Phi) is 6.62. The van der Waals surface area contributed by atoms with Crippen LogP contribution in [0.2, 0.25) is 0 Å². The number of rotatable bonds is 5. The third-order valence-corrected chi connectivity index (χ3v) is 6.63. The maximum atomic E-state index is 13.0. The highest BCUT2D eigenvalue weighted by atomic mass is 19.4. The summed E-state index contributed by atoms with van der Waals surface area (Å²) in [6.07, 6.45) is 6.36. The first kappa shape index (κ1) is 21.2. The second-order valence-electron chi connectivity index (χ2n) is 8.69. The molecule has 1 saturated carbocycles. The zero-order valence-electron chi connectivity index (χ0n) is 17.4. The highest BCUT2D eigenvalue weighted by Gasteiger charge is 2.30. The van der Waals surface area contributed by atoms with Crippen LogP contribution in [0, 0.1) is 0 Å². The molecule has 4 heteroatoms. The van der Waals surface area contributed by atoms with Gasteiger partial charge in [0, 0.05) is 19.6 Å². The Labute approximate surface area is 177 Å². The zero-order valence-corrected chi connectivity index (χ0v) is 17.4. The van der Waals surface area contributed by atoms with Gasteiger partial charge in [0.05, 0.1) is 5.56 Å². The van der Waals surface area contributed by atoms with Gasteiger partial charge in [-0.1, -0.05) is 61.7 Å². The molecule has 1 heterocycles. The van der Waals surface area contributed by atoms with Crippen LogP contribution in [-0.4, -0.2) is 24.5 Å². The molecule has 1 nitrogen and oxygen atoms in total. The van der Waals surface area contributed by atoms with Gasteiger partial charge in [0.25, 0.3) is 0 Å². The van der Waals surface area contributed by atoms with Crippen LogP contribution >= 0.6 is 0 Å². The molecule has 2 aromatic carbocycles. The number of nitrogens with zero attached hydrogens (tertiary/aromatic N) is 1. The fraction of sp³-hybridized carbons (Fsp3) is 0.462. The minimum Gasteiger partial charge on any atom is -0.299 e. The molecule has 30 heavy (non-hydrogen) atoms.